The molecule has 0 N–H and O–H groups in total. The Hall–Kier alpha value is -6.06. The van der Waals surface area contributed by atoms with Gasteiger partial charge in [-0.2, -0.15) is 0 Å². The summed E-state index contributed by atoms with van der Waals surface area (Å²) >= 11 is 0. The molecule has 0 aliphatic heterocycles. The predicted molar refractivity (Wildman–Crippen MR) is 246 cm³/mol. The van der Waals surface area contributed by atoms with Crippen LogP contribution >= 0.6 is 0 Å². The van der Waals surface area contributed by atoms with Gasteiger partial charge >= 0.3 is 0 Å². The third-order valence-corrected chi connectivity index (χ3v) is 11.0. The third-order valence-electron chi connectivity index (χ3n) is 11.0. The number of fused-ring (bicyclic) bond motifs is 9. The molecular formula is C54H51N3. The summed E-state index contributed by atoms with van der Waals surface area (Å²) in [4.78, 5) is 0. The van der Waals surface area contributed by atoms with E-state index in [1.54, 1.807) is 31.9 Å². The number of aromatic nitrogens is 3. The predicted octanol–water partition coefficient (Wildman–Crippen LogP) is 14.9. The molecule has 3 heteroatoms. The molecule has 0 fully saturated rings. The minimum absolute atomic E-state index is 0.00173. The van der Waals surface area contributed by atoms with Gasteiger partial charge < -0.3 is 13.7 Å². The second kappa shape index (κ2) is 12.2. The zero-order valence-electron chi connectivity index (χ0n) is 48.5. The van der Waals surface area contributed by atoms with Crippen LogP contribution in [-0.2, 0) is 16.2 Å². The fourth-order valence-electron chi connectivity index (χ4n) is 8.23. The van der Waals surface area contributed by atoms with Crippen molar-refractivity contribution >= 4 is 65.0 Å². The fourth-order valence-corrected chi connectivity index (χ4v) is 8.23. The summed E-state index contributed by atoms with van der Waals surface area (Å²) in [6, 6.07) is 12.6. The summed E-state index contributed by atoms with van der Waals surface area (Å²) in [5.41, 5.74) is 1.10. The quantitative estimate of drug-likeness (QED) is 0.160. The van der Waals surface area contributed by atoms with Gasteiger partial charge in [0.25, 0.3) is 0 Å². The lowest BCUT2D eigenvalue weighted by atomic mass is 9.87. The molecule has 3 nitrogen and oxygen atoms in total. The molecule has 3 heterocycles. The van der Waals surface area contributed by atoms with Crippen molar-refractivity contribution in [2.75, 3.05) is 0 Å². The van der Waals surface area contributed by atoms with Crippen molar-refractivity contribution < 1.29 is 20.6 Å². The zero-order chi connectivity index (χ0) is 52.6. The first kappa shape index (κ1) is 22.6. The molecule has 0 radical (unpaired) electrons. The molecule has 0 amide bonds. The van der Waals surface area contributed by atoms with Gasteiger partial charge in [0.15, 0.2) is 0 Å². The van der Waals surface area contributed by atoms with Crippen LogP contribution in [-0.4, -0.2) is 13.7 Å². The summed E-state index contributed by atoms with van der Waals surface area (Å²) in [5.74, 6) is 0. The van der Waals surface area contributed by atoms with Crippen molar-refractivity contribution in [3.8, 4) is 17.1 Å². The first-order valence-electron chi connectivity index (χ1n) is 26.7. The number of nitrogens with zero attached hydrogens (tertiary/aromatic N) is 3. The van der Waals surface area contributed by atoms with Crippen LogP contribution < -0.4 is 0 Å². The standard InChI is InChI=1S/C54H51N3/c1-52(2,3)46-31-55(49-19-13-10-16-40(46)49)34-22-25-37-43(28-34)38-26-23-35(56-32-47(53(4,5)6)41-17-11-14-20-50(41)56)30-45(38)39-27-24-36(29-44(37)39)57-33-48(54(7,8)9)42-18-12-15-21-51(42)57/h10-33H,1-9H3/i10D,11D,12D,13D,14D,15D,16D,17D,18D,19D,20D,21D,31D,32D,33D. The molecule has 3 aromatic heterocycles. The monoisotopic (exact) mass is 757 g/mol. The normalized spacial score (nSPS) is 16.7. The molecule has 10 aromatic rings. The van der Waals surface area contributed by atoms with Crippen LogP contribution in [0.4, 0.5) is 0 Å². The highest BCUT2D eigenvalue weighted by molar-refractivity contribution is 6.26. The highest BCUT2D eigenvalue weighted by atomic mass is 15.0. The van der Waals surface area contributed by atoms with Crippen molar-refractivity contribution in [2.24, 2.45) is 0 Å². The van der Waals surface area contributed by atoms with Crippen LogP contribution in [0.1, 0.15) is 99.6 Å². The van der Waals surface area contributed by atoms with E-state index in [1.165, 1.54) is 0 Å². The summed E-state index contributed by atoms with van der Waals surface area (Å²) in [5, 5.41) is 4.92. The first-order valence-corrected chi connectivity index (χ1v) is 19.2. The molecular weight excluding hydrogens is 691 g/mol. The maximum atomic E-state index is 9.66. The molecule has 0 saturated heterocycles. The highest BCUT2D eigenvalue weighted by Gasteiger charge is 2.24. The average molecular weight is 757 g/mol. The SMILES string of the molecule is [2H]c1c([2H])c([2H])c2c(c1[2H])c(C(C)(C)C)c([2H])n2-c1ccc2c(c1)c1ccc(-n3c([2H])c(C(C)(C)C)c4c([2H])c([2H])c([2H])c([2H])c43)cc1c1ccc(-n3c([2H])c(C(C)(C)C)c4c([2H])c([2H])c([2H])c([2H])c43)cc21. The highest BCUT2D eigenvalue weighted by Crippen LogP contribution is 2.42. The first-order chi connectivity index (χ1) is 33.4. The van der Waals surface area contributed by atoms with E-state index in [1.807, 2.05) is 98.7 Å². The second-order valence-corrected chi connectivity index (χ2v) is 18.1. The summed E-state index contributed by atoms with van der Waals surface area (Å²) in [6.45, 7) is 17.1. The zero-order valence-corrected chi connectivity index (χ0v) is 33.5. The van der Waals surface area contributed by atoms with E-state index in [9.17, 15) is 4.11 Å². The summed E-state index contributed by atoms with van der Waals surface area (Å²) < 4.78 is 140. The van der Waals surface area contributed by atoms with Gasteiger partial charge in [-0.15, -0.1) is 0 Å². The van der Waals surface area contributed by atoms with Crippen LogP contribution in [0, 0.1) is 0 Å². The Kier molecular flexibility index (Phi) is 4.85. The van der Waals surface area contributed by atoms with Gasteiger partial charge in [-0.05, 0) is 120 Å². The Bertz CT molecular complexity index is 3650. The molecule has 282 valence electrons. The molecule has 0 saturated carbocycles. The molecule has 0 aliphatic rings. The fraction of sp³-hybridized carbons (Fsp3) is 0.222. The van der Waals surface area contributed by atoms with E-state index in [-0.39, 0.29) is 87.5 Å². The molecule has 0 aliphatic carbocycles. The number of benzene rings is 7. The Labute approximate surface area is 356 Å². The molecule has 57 heavy (non-hydrogen) atoms. The Morgan fingerprint density at radius 1 is 0.333 bits per heavy atom. The third kappa shape index (κ3) is 5.54. The average Bonchev–Trinajstić information content (AvgIpc) is 3.94. The topological polar surface area (TPSA) is 14.8 Å². The van der Waals surface area contributed by atoms with Gasteiger partial charge in [0.2, 0.25) is 0 Å². The summed E-state index contributed by atoms with van der Waals surface area (Å²) in [7, 11) is 0. The van der Waals surface area contributed by atoms with Crippen LogP contribution in [0.3, 0.4) is 0 Å². The second-order valence-electron chi connectivity index (χ2n) is 18.1. The van der Waals surface area contributed by atoms with Gasteiger partial charge in [0.05, 0.1) is 37.1 Å². The van der Waals surface area contributed by atoms with Gasteiger partial charge in [-0.1, -0.05) is 135 Å². The molecule has 7 aromatic carbocycles. The maximum absolute atomic E-state index is 9.66. The van der Waals surface area contributed by atoms with Gasteiger partial charge in [0, 0.05) is 51.7 Å². The number of para-hydroxylation sites is 3. The van der Waals surface area contributed by atoms with Crippen molar-refractivity contribution in [2.45, 2.75) is 78.6 Å². The van der Waals surface area contributed by atoms with E-state index in [4.69, 9.17) is 16.4 Å². The largest absolute Gasteiger partial charge is 0.316 e. The van der Waals surface area contributed by atoms with Crippen molar-refractivity contribution in [3.63, 3.8) is 0 Å². The Morgan fingerprint density at radius 2 is 0.596 bits per heavy atom. The minimum Gasteiger partial charge on any atom is -0.316 e. The van der Waals surface area contributed by atoms with Crippen LogP contribution in [0.2, 0.25) is 0 Å². The van der Waals surface area contributed by atoms with Crippen LogP contribution in [0.15, 0.2) is 146 Å². The lowest BCUT2D eigenvalue weighted by molar-refractivity contribution is 0.594. The van der Waals surface area contributed by atoms with E-state index in [0.29, 0.717) is 49.9 Å². The minimum atomic E-state index is -0.699. The van der Waals surface area contributed by atoms with Crippen LogP contribution in [0.25, 0.3) is 82.1 Å². The molecule has 10 rings (SSSR count). The van der Waals surface area contributed by atoms with Gasteiger partial charge in [0.1, 0.15) is 0 Å². The van der Waals surface area contributed by atoms with Crippen LogP contribution in [0.5, 0.6) is 0 Å². The maximum Gasteiger partial charge on any atom is 0.0826 e. The molecule has 0 bridgehead atoms. The van der Waals surface area contributed by atoms with Gasteiger partial charge in [-0.3, -0.25) is 0 Å². The number of hydrogen-bond acceptors (Lipinski definition) is 0. The molecule has 0 atom stereocenters. The molecule has 0 unspecified atom stereocenters. The number of rotatable bonds is 3. The lowest BCUT2D eigenvalue weighted by Gasteiger charge is -2.18. The van der Waals surface area contributed by atoms with Crippen molar-refractivity contribution in [1.29, 1.82) is 0 Å². The smallest absolute Gasteiger partial charge is 0.0826 e. The Morgan fingerprint density at radius 3 is 0.860 bits per heavy atom. The van der Waals surface area contributed by atoms with Gasteiger partial charge in [-0.25, -0.2) is 0 Å². The molecule has 0 spiro atoms. The van der Waals surface area contributed by atoms with E-state index >= 15 is 0 Å². The Balaban J connectivity index is 1.37. The van der Waals surface area contributed by atoms with Crippen molar-refractivity contribution in [1.82, 2.24) is 13.7 Å². The van der Waals surface area contributed by atoms with Crippen molar-refractivity contribution in [3.05, 3.63) is 162 Å². The van der Waals surface area contributed by atoms with E-state index in [2.05, 4.69) is 0 Å². The van der Waals surface area contributed by atoms with E-state index in [0.717, 1.165) is 16.2 Å². The van der Waals surface area contributed by atoms with E-state index < -0.39 is 52.5 Å². The lowest BCUT2D eigenvalue weighted by Crippen LogP contribution is -2.10. The summed E-state index contributed by atoms with van der Waals surface area (Å²) in [6.07, 6.45) is 0.00518. The number of hydrogen-bond donors (Lipinski definition) is 0.